The number of anilines is 1. The zero-order valence-corrected chi connectivity index (χ0v) is 13.5. The molecule has 1 aliphatic heterocycles. The minimum absolute atomic E-state index is 0.410. The van der Waals surface area contributed by atoms with Crippen LogP contribution in [0.3, 0.4) is 0 Å². The molecular formula is C15H25N3O2S. The fourth-order valence-electron chi connectivity index (χ4n) is 2.61. The van der Waals surface area contributed by atoms with Crippen LogP contribution in [0.25, 0.3) is 0 Å². The number of piperidine rings is 1. The molecule has 0 radical (unpaired) electrons. The zero-order chi connectivity index (χ0) is 15.3. The van der Waals surface area contributed by atoms with E-state index in [-0.39, 0.29) is 0 Å². The van der Waals surface area contributed by atoms with Crippen molar-refractivity contribution in [2.75, 3.05) is 25.4 Å². The van der Waals surface area contributed by atoms with Crippen LogP contribution in [-0.4, -0.2) is 36.7 Å². The summed E-state index contributed by atoms with van der Waals surface area (Å²) in [6.07, 6.45) is 3.85. The first-order chi connectivity index (χ1) is 10.0. The average molecular weight is 311 g/mol. The maximum absolute atomic E-state index is 12.8. The Hall–Kier alpha value is -1.11. The molecule has 1 saturated heterocycles. The van der Waals surface area contributed by atoms with Gasteiger partial charge in [-0.15, -0.1) is 0 Å². The number of nitrogens with two attached hydrogens (primary N) is 1. The monoisotopic (exact) mass is 311 g/mol. The highest BCUT2D eigenvalue weighted by Crippen LogP contribution is 2.19. The van der Waals surface area contributed by atoms with Gasteiger partial charge in [-0.2, -0.15) is 17.0 Å². The fourth-order valence-corrected chi connectivity index (χ4v) is 4.38. The summed E-state index contributed by atoms with van der Waals surface area (Å²) in [6, 6.07) is 7.41. The van der Waals surface area contributed by atoms with Crippen molar-refractivity contribution in [1.82, 2.24) is 8.61 Å². The van der Waals surface area contributed by atoms with Gasteiger partial charge in [0.1, 0.15) is 0 Å². The minimum Gasteiger partial charge on any atom is -0.399 e. The lowest BCUT2D eigenvalue weighted by Crippen LogP contribution is -2.45. The average Bonchev–Trinajstić information content (AvgIpc) is 2.50. The number of hydrogen-bond acceptors (Lipinski definition) is 3. The van der Waals surface area contributed by atoms with Gasteiger partial charge in [-0.25, -0.2) is 0 Å². The quantitative estimate of drug-likeness (QED) is 0.819. The molecule has 1 aromatic carbocycles. The molecule has 0 spiro atoms. The SMILES string of the molecule is CCCN(Cc1ccc(N)cc1)S(=O)(=O)N1CCCCC1. The van der Waals surface area contributed by atoms with Crippen molar-refractivity contribution in [1.29, 1.82) is 0 Å². The van der Waals surface area contributed by atoms with Crippen molar-refractivity contribution < 1.29 is 8.42 Å². The standard InChI is InChI=1S/C15H25N3O2S/c1-2-10-18(13-14-6-8-15(16)9-7-14)21(19,20)17-11-4-3-5-12-17/h6-9H,2-5,10-13,16H2,1H3. The molecule has 1 aromatic rings. The normalized spacial score (nSPS) is 17.2. The molecule has 2 N–H and O–H groups in total. The summed E-state index contributed by atoms with van der Waals surface area (Å²) in [5, 5.41) is 0. The Balaban J connectivity index is 2.14. The Kier molecular flexibility index (Phi) is 5.61. The third kappa shape index (κ3) is 4.18. The zero-order valence-electron chi connectivity index (χ0n) is 12.7. The molecule has 1 fully saturated rings. The van der Waals surface area contributed by atoms with Gasteiger partial charge in [0.2, 0.25) is 0 Å². The second-order valence-electron chi connectivity index (χ2n) is 5.54. The van der Waals surface area contributed by atoms with Gasteiger partial charge in [-0.3, -0.25) is 0 Å². The lowest BCUT2D eigenvalue weighted by Gasteiger charge is -2.32. The Labute approximate surface area is 127 Å². The molecule has 0 amide bonds. The Bertz CT molecular complexity index is 537. The van der Waals surface area contributed by atoms with Crippen molar-refractivity contribution >= 4 is 15.9 Å². The van der Waals surface area contributed by atoms with Crippen molar-refractivity contribution in [2.45, 2.75) is 39.2 Å². The second kappa shape index (κ2) is 7.24. The summed E-state index contributed by atoms with van der Waals surface area (Å²) in [5.41, 5.74) is 7.34. The number of benzene rings is 1. The van der Waals surface area contributed by atoms with E-state index < -0.39 is 10.2 Å². The lowest BCUT2D eigenvalue weighted by molar-refractivity contribution is 0.299. The smallest absolute Gasteiger partial charge is 0.282 e. The number of nitrogen functional groups attached to an aromatic ring is 1. The van der Waals surface area contributed by atoms with Gasteiger partial charge in [0, 0.05) is 31.9 Å². The second-order valence-corrected chi connectivity index (χ2v) is 7.47. The highest BCUT2D eigenvalue weighted by atomic mass is 32.2. The van der Waals surface area contributed by atoms with Crippen LogP contribution in [0.1, 0.15) is 38.2 Å². The summed E-state index contributed by atoms with van der Waals surface area (Å²) in [6.45, 7) is 4.24. The molecule has 0 saturated carbocycles. The fraction of sp³-hybridized carbons (Fsp3) is 0.600. The van der Waals surface area contributed by atoms with Gasteiger partial charge in [0.05, 0.1) is 0 Å². The van der Waals surface area contributed by atoms with Crippen molar-refractivity contribution in [3.63, 3.8) is 0 Å². The molecule has 6 heteroatoms. The summed E-state index contributed by atoms with van der Waals surface area (Å²) >= 11 is 0. The van der Waals surface area contributed by atoms with Gasteiger partial charge in [0.25, 0.3) is 10.2 Å². The Morgan fingerprint density at radius 1 is 1.14 bits per heavy atom. The molecule has 0 aliphatic carbocycles. The predicted molar refractivity (Wildman–Crippen MR) is 85.9 cm³/mol. The summed E-state index contributed by atoms with van der Waals surface area (Å²) in [5.74, 6) is 0. The molecule has 0 bridgehead atoms. The van der Waals surface area contributed by atoms with Gasteiger partial charge in [-0.1, -0.05) is 25.5 Å². The third-order valence-electron chi connectivity index (χ3n) is 3.78. The number of hydrogen-bond donors (Lipinski definition) is 1. The van der Waals surface area contributed by atoms with Crippen LogP contribution in [0.15, 0.2) is 24.3 Å². The molecule has 5 nitrogen and oxygen atoms in total. The number of rotatable bonds is 6. The predicted octanol–water partition coefficient (Wildman–Crippen LogP) is 2.21. The first-order valence-corrected chi connectivity index (χ1v) is 9.03. The molecule has 0 unspecified atom stereocenters. The largest absolute Gasteiger partial charge is 0.399 e. The molecule has 2 rings (SSSR count). The highest BCUT2D eigenvalue weighted by Gasteiger charge is 2.30. The van der Waals surface area contributed by atoms with Crippen LogP contribution in [0.2, 0.25) is 0 Å². The van der Waals surface area contributed by atoms with Gasteiger partial charge >= 0.3 is 0 Å². The van der Waals surface area contributed by atoms with Crippen LogP contribution in [0.4, 0.5) is 5.69 Å². The first-order valence-electron chi connectivity index (χ1n) is 7.63. The molecule has 0 atom stereocenters. The van der Waals surface area contributed by atoms with Crippen molar-refractivity contribution in [3.8, 4) is 0 Å². The summed E-state index contributed by atoms with van der Waals surface area (Å²) in [7, 11) is -3.36. The van der Waals surface area contributed by atoms with E-state index in [9.17, 15) is 8.42 Å². The molecule has 0 aromatic heterocycles. The maximum Gasteiger partial charge on any atom is 0.282 e. The van der Waals surface area contributed by atoms with E-state index in [1.165, 1.54) is 0 Å². The molecule has 21 heavy (non-hydrogen) atoms. The minimum atomic E-state index is -3.36. The van der Waals surface area contributed by atoms with E-state index in [1.807, 2.05) is 31.2 Å². The topological polar surface area (TPSA) is 66.6 Å². The van der Waals surface area contributed by atoms with Crippen LogP contribution < -0.4 is 5.73 Å². The summed E-state index contributed by atoms with van der Waals surface area (Å²) in [4.78, 5) is 0. The molecular weight excluding hydrogens is 286 g/mol. The van der Waals surface area contributed by atoms with E-state index in [0.717, 1.165) is 31.2 Å². The Morgan fingerprint density at radius 2 is 1.76 bits per heavy atom. The van der Waals surface area contributed by atoms with Gasteiger partial charge in [0.15, 0.2) is 0 Å². The number of nitrogens with zero attached hydrogens (tertiary/aromatic N) is 2. The Morgan fingerprint density at radius 3 is 2.33 bits per heavy atom. The van der Waals surface area contributed by atoms with Gasteiger partial charge in [-0.05, 0) is 37.0 Å². The molecule has 1 aliphatic rings. The summed E-state index contributed by atoms with van der Waals surface area (Å²) < 4.78 is 28.8. The van der Waals surface area contributed by atoms with Crippen LogP contribution >= 0.6 is 0 Å². The van der Waals surface area contributed by atoms with Crippen molar-refractivity contribution in [2.24, 2.45) is 0 Å². The molecule has 118 valence electrons. The van der Waals surface area contributed by atoms with E-state index in [2.05, 4.69) is 0 Å². The van der Waals surface area contributed by atoms with E-state index in [1.54, 1.807) is 8.61 Å². The van der Waals surface area contributed by atoms with Crippen LogP contribution in [0.5, 0.6) is 0 Å². The maximum atomic E-state index is 12.8. The van der Waals surface area contributed by atoms with E-state index in [0.29, 0.717) is 31.9 Å². The lowest BCUT2D eigenvalue weighted by atomic mass is 10.2. The highest BCUT2D eigenvalue weighted by molar-refractivity contribution is 7.86. The van der Waals surface area contributed by atoms with Crippen LogP contribution in [-0.2, 0) is 16.8 Å². The molecule has 1 heterocycles. The van der Waals surface area contributed by atoms with Crippen LogP contribution in [0, 0.1) is 0 Å². The third-order valence-corrected chi connectivity index (χ3v) is 5.76. The van der Waals surface area contributed by atoms with E-state index >= 15 is 0 Å². The van der Waals surface area contributed by atoms with Crippen molar-refractivity contribution in [3.05, 3.63) is 29.8 Å². The first kappa shape index (κ1) is 16.3. The van der Waals surface area contributed by atoms with Gasteiger partial charge < -0.3 is 5.73 Å². The van der Waals surface area contributed by atoms with E-state index in [4.69, 9.17) is 5.73 Å².